The molecule has 0 radical (unpaired) electrons. The smallest absolute Gasteiger partial charge is 0.337 e. The molecular weight excluding hydrogens is 386 g/mol. The van der Waals surface area contributed by atoms with Crippen LogP contribution in [0.5, 0.6) is 5.06 Å². The molecule has 0 fully saturated rings. The van der Waals surface area contributed by atoms with Gasteiger partial charge in [-0.2, -0.15) is 0 Å². The Morgan fingerprint density at radius 3 is 2.38 bits per heavy atom. The molecule has 1 N–H and O–H groups in total. The van der Waals surface area contributed by atoms with Gasteiger partial charge in [0.2, 0.25) is 0 Å². The average Bonchev–Trinajstić information content (AvgIpc) is 3.22. The summed E-state index contributed by atoms with van der Waals surface area (Å²) in [4.78, 5) is 24.8. The number of aliphatic carboxylic acids is 1. The van der Waals surface area contributed by atoms with E-state index in [-0.39, 0.29) is 11.1 Å². The van der Waals surface area contributed by atoms with Gasteiger partial charge in [-0.15, -0.1) is 0 Å². The van der Waals surface area contributed by atoms with E-state index in [9.17, 15) is 14.7 Å². The Hall–Kier alpha value is -3.38. The number of allylic oxidation sites excluding steroid dienone is 1. The van der Waals surface area contributed by atoms with Crippen LogP contribution in [-0.4, -0.2) is 29.0 Å². The van der Waals surface area contributed by atoms with Gasteiger partial charge < -0.3 is 14.4 Å². The molecule has 2 heterocycles. The van der Waals surface area contributed by atoms with Crippen molar-refractivity contribution in [3.05, 3.63) is 65.4 Å². The van der Waals surface area contributed by atoms with Crippen molar-refractivity contribution >= 4 is 55.7 Å². The first kappa shape index (κ1) is 19.0. The number of carboxylic acids is 1. The van der Waals surface area contributed by atoms with Gasteiger partial charge in [0.15, 0.2) is 11.3 Å². The first-order valence-corrected chi connectivity index (χ1v) is 9.84. The van der Waals surface area contributed by atoms with Gasteiger partial charge in [0, 0.05) is 44.9 Å². The summed E-state index contributed by atoms with van der Waals surface area (Å²) in [6, 6.07) is 15.2. The topological polar surface area (TPSA) is 68.5 Å². The number of thiophene rings is 1. The maximum Gasteiger partial charge on any atom is 0.337 e. The van der Waals surface area contributed by atoms with Gasteiger partial charge >= 0.3 is 5.97 Å². The van der Waals surface area contributed by atoms with Crippen LogP contribution in [0.3, 0.4) is 0 Å². The molecule has 146 valence electrons. The Balaban J connectivity index is 2.17. The lowest BCUT2D eigenvalue weighted by atomic mass is 9.93. The molecule has 4 rings (SSSR count). The molecule has 0 unspecified atom stereocenters. The maximum absolute atomic E-state index is 12.5. The largest absolute Gasteiger partial charge is 0.487 e. The number of aromatic nitrogens is 1. The fraction of sp³-hybridized carbons (Fsp3) is 0.130. The molecule has 29 heavy (non-hydrogen) atoms. The zero-order valence-corrected chi connectivity index (χ0v) is 17.0. The molecule has 0 amide bonds. The summed E-state index contributed by atoms with van der Waals surface area (Å²) < 4.78 is 8.38. The number of hydrogen-bond donors (Lipinski definition) is 1. The number of para-hydroxylation sites is 1. The normalized spacial score (nSPS) is 12.2. The minimum Gasteiger partial charge on any atom is -0.487 e. The first-order chi connectivity index (χ1) is 14.0. The minimum atomic E-state index is -1.17. The second-order valence-corrected chi connectivity index (χ2v) is 7.73. The second-order valence-electron chi connectivity index (χ2n) is 6.71. The number of aldehydes is 1. The van der Waals surface area contributed by atoms with Crippen molar-refractivity contribution in [3.8, 4) is 5.06 Å². The number of aryl methyl sites for hydroxylation is 1. The van der Waals surface area contributed by atoms with E-state index in [4.69, 9.17) is 4.74 Å². The molecule has 0 aliphatic rings. The van der Waals surface area contributed by atoms with Crippen LogP contribution < -0.4 is 4.74 Å². The van der Waals surface area contributed by atoms with Crippen molar-refractivity contribution in [1.29, 1.82) is 0 Å². The Morgan fingerprint density at radius 1 is 1.07 bits per heavy atom. The van der Waals surface area contributed by atoms with E-state index in [2.05, 4.69) is 0 Å². The molecule has 2 aromatic heterocycles. The summed E-state index contributed by atoms with van der Waals surface area (Å²) in [6.45, 7) is 1.89. The van der Waals surface area contributed by atoms with E-state index in [0.717, 1.165) is 26.7 Å². The molecule has 0 aliphatic carbocycles. The maximum atomic E-state index is 12.5. The van der Waals surface area contributed by atoms with E-state index in [1.807, 2.05) is 67.1 Å². The van der Waals surface area contributed by atoms with Crippen LogP contribution in [0.2, 0.25) is 0 Å². The van der Waals surface area contributed by atoms with Crippen LogP contribution in [0.4, 0.5) is 0 Å². The predicted molar refractivity (Wildman–Crippen MR) is 117 cm³/mol. The molecule has 0 atom stereocenters. The minimum absolute atomic E-state index is 0.0475. The molecular formula is C23H19NO4S. The van der Waals surface area contributed by atoms with Crippen LogP contribution in [-0.2, 0) is 16.6 Å². The lowest BCUT2D eigenvalue weighted by Crippen LogP contribution is -2.06. The third kappa shape index (κ3) is 2.84. The Labute approximate surface area is 171 Å². The van der Waals surface area contributed by atoms with Crippen molar-refractivity contribution in [3.63, 3.8) is 0 Å². The second kappa shape index (κ2) is 7.22. The third-order valence-electron chi connectivity index (χ3n) is 5.27. The number of fused-ring (bicyclic) bond motifs is 2. The third-order valence-corrected chi connectivity index (χ3v) is 6.40. The van der Waals surface area contributed by atoms with Gasteiger partial charge in [-0.1, -0.05) is 47.7 Å². The fourth-order valence-corrected chi connectivity index (χ4v) is 4.89. The summed E-state index contributed by atoms with van der Waals surface area (Å²) in [6.07, 6.45) is 0.643. The SMILES string of the molecule is COc1sc2ccccc2c1/C(C(=O)O)=C(/C=O)c1c(C)n(C)c2ccccc12. The Morgan fingerprint density at radius 2 is 1.72 bits per heavy atom. The zero-order valence-electron chi connectivity index (χ0n) is 16.2. The number of methoxy groups -OCH3 is 1. The highest BCUT2D eigenvalue weighted by molar-refractivity contribution is 7.21. The lowest BCUT2D eigenvalue weighted by molar-refractivity contribution is -0.130. The van der Waals surface area contributed by atoms with Crippen molar-refractivity contribution in [2.24, 2.45) is 7.05 Å². The Kier molecular flexibility index (Phi) is 4.72. The average molecular weight is 405 g/mol. The number of carboxylic acid groups (broad SMARTS) is 1. The zero-order chi connectivity index (χ0) is 20.7. The van der Waals surface area contributed by atoms with Crippen LogP contribution >= 0.6 is 11.3 Å². The van der Waals surface area contributed by atoms with Gasteiger partial charge in [0.1, 0.15) is 0 Å². The molecule has 5 nitrogen and oxygen atoms in total. The summed E-state index contributed by atoms with van der Waals surface area (Å²) in [7, 11) is 3.42. The number of benzene rings is 2. The summed E-state index contributed by atoms with van der Waals surface area (Å²) >= 11 is 1.36. The van der Waals surface area contributed by atoms with Gasteiger partial charge in [-0.3, -0.25) is 4.79 Å². The molecule has 0 bridgehead atoms. The molecule has 6 heteroatoms. The van der Waals surface area contributed by atoms with Gasteiger partial charge in [-0.05, 0) is 19.1 Å². The highest BCUT2D eigenvalue weighted by Crippen LogP contribution is 2.44. The van der Waals surface area contributed by atoms with Crippen LogP contribution in [0.1, 0.15) is 16.8 Å². The number of carbonyl (C=O) groups is 2. The molecule has 0 aliphatic heterocycles. The standard InChI is InChI=1S/C23H19NO4S/c1-13-19(14-8-4-6-10-17(14)24(13)2)16(12-25)20(22(26)27)21-15-9-5-7-11-18(15)29-23(21)28-3/h4-12H,1-3H3,(H,26,27)/b20-16+. The summed E-state index contributed by atoms with van der Waals surface area (Å²) in [5.41, 5.74) is 2.93. The van der Waals surface area contributed by atoms with E-state index in [1.165, 1.54) is 18.4 Å². The highest BCUT2D eigenvalue weighted by atomic mass is 32.1. The van der Waals surface area contributed by atoms with Crippen molar-refractivity contribution in [1.82, 2.24) is 4.57 Å². The van der Waals surface area contributed by atoms with Crippen molar-refractivity contribution in [2.45, 2.75) is 6.92 Å². The molecule has 0 spiro atoms. The Bertz CT molecular complexity index is 1310. The highest BCUT2D eigenvalue weighted by Gasteiger charge is 2.28. The lowest BCUT2D eigenvalue weighted by Gasteiger charge is -2.10. The van der Waals surface area contributed by atoms with E-state index in [0.29, 0.717) is 22.5 Å². The number of rotatable bonds is 5. The van der Waals surface area contributed by atoms with E-state index in [1.54, 1.807) is 0 Å². The molecule has 0 saturated carbocycles. The number of nitrogens with zero attached hydrogens (tertiary/aromatic N) is 1. The molecule has 2 aromatic carbocycles. The van der Waals surface area contributed by atoms with Crippen LogP contribution in [0, 0.1) is 6.92 Å². The number of ether oxygens (including phenoxy) is 1. The van der Waals surface area contributed by atoms with Gasteiger partial charge in [0.25, 0.3) is 0 Å². The van der Waals surface area contributed by atoms with E-state index >= 15 is 0 Å². The quantitative estimate of drug-likeness (QED) is 0.379. The first-order valence-electron chi connectivity index (χ1n) is 9.02. The summed E-state index contributed by atoms with van der Waals surface area (Å²) in [5.74, 6) is -1.17. The molecule has 0 saturated heterocycles. The van der Waals surface area contributed by atoms with Crippen LogP contribution in [0.25, 0.3) is 32.1 Å². The monoisotopic (exact) mass is 405 g/mol. The van der Waals surface area contributed by atoms with Gasteiger partial charge in [-0.25, -0.2) is 4.79 Å². The van der Waals surface area contributed by atoms with Crippen LogP contribution in [0.15, 0.2) is 48.5 Å². The van der Waals surface area contributed by atoms with Crippen molar-refractivity contribution in [2.75, 3.05) is 7.11 Å². The van der Waals surface area contributed by atoms with Crippen molar-refractivity contribution < 1.29 is 19.4 Å². The van der Waals surface area contributed by atoms with Gasteiger partial charge in [0.05, 0.1) is 18.2 Å². The summed E-state index contributed by atoms with van der Waals surface area (Å²) in [5, 5.41) is 12.2. The molecule has 4 aromatic rings. The predicted octanol–water partition coefficient (Wildman–Crippen LogP) is 4.90. The van der Waals surface area contributed by atoms with E-state index < -0.39 is 5.97 Å². The number of hydrogen-bond acceptors (Lipinski definition) is 4. The fourth-order valence-electron chi connectivity index (χ4n) is 3.86. The number of carbonyl (C=O) groups excluding carboxylic acids is 1.